The van der Waals surface area contributed by atoms with Gasteiger partial charge >= 0.3 is 0 Å². The summed E-state index contributed by atoms with van der Waals surface area (Å²) in [6.07, 6.45) is 10.3. The molecule has 0 bridgehead atoms. The molecule has 1 N–H and O–H groups in total. The Bertz CT molecular complexity index is 349. The number of carbonyl (C=O) groups excluding carboxylic acids is 1. The summed E-state index contributed by atoms with van der Waals surface area (Å²) in [6.45, 7) is 11.3. The van der Waals surface area contributed by atoms with Gasteiger partial charge in [0, 0.05) is 23.0 Å². The van der Waals surface area contributed by atoms with E-state index in [1.165, 1.54) is 44.3 Å². The van der Waals surface area contributed by atoms with E-state index in [0.717, 1.165) is 18.1 Å². The van der Waals surface area contributed by atoms with Crippen molar-refractivity contribution in [3.8, 4) is 0 Å². The molecule has 0 spiro atoms. The Kier molecular flexibility index (Phi) is 9.43. The first-order valence-corrected chi connectivity index (χ1v) is 11.7. The molecule has 1 saturated heterocycles. The number of amides is 1. The van der Waals surface area contributed by atoms with Gasteiger partial charge in [-0.05, 0) is 57.8 Å². The highest BCUT2D eigenvalue weighted by Crippen LogP contribution is 2.39. The molecule has 0 aromatic rings. The molecule has 1 amide bonds. The van der Waals surface area contributed by atoms with Gasteiger partial charge in [-0.15, -0.1) is 0 Å². The van der Waals surface area contributed by atoms with Gasteiger partial charge in [0.25, 0.3) is 0 Å². The SMILES string of the molecule is CCCC(C)(C)CCC(C)(C)NC(=O)CCCCC1CCSS1. The van der Waals surface area contributed by atoms with Crippen molar-refractivity contribution in [2.24, 2.45) is 5.41 Å². The minimum Gasteiger partial charge on any atom is -0.351 e. The molecular formula is C19H37NOS2. The minimum atomic E-state index is -0.0833. The molecule has 1 unspecified atom stereocenters. The number of unbranched alkanes of at least 4 members (excludes halogenated alkanes) is 1. The molecule has 23 heavy (non-hydrogen) atoms. The van der Waals surface area contributed by atoms with E-state index in [4.69, 9.17) is 0 Å². The van der Waals surface area contributed by atoms with Crippen LogP contribution in [0.4, 0.5) is 0 Å². The lowest BCUT2D eigenvalue weighted by Gasteiger charge is -2.32. The van der Waals surface area contributed by atoms with Crippen molar-refractivity contribution < 1.29 is 4.79 Å². The third kappa shape index (κ3) is 9.91. The number of hydrogen-bond acceptors (Lipinski definition) is 3. The Morgan fingerprint density at radius 2 is 1.87 bits per heavy atom. The number of carbonyl (C=O) groups is 1. The van der Waals surface area contributed by atoms with E-state index in [0.29, 0.717) is 11.8 Å². The Morgan fingerprint density at radius 1 is 1.13 bits per heavy atom. The third-order valence-electron chi connectivity index (χ3n) is 4.74. The van der Waals surface area contributed by atoms with Gasteiger partial charge in [0.15, 0.2) is 0 Å². The van der Waals surface area contributed by atoms with E-state index < -0.39 is 0 Å². The van der Waals surface area contributed by atoms with Crippen LogP contribution < -0.4 is 5.32 Å². The fourth-order valence-electron chi connectivity index (χ4n) is 3.18. The molecule has 1 rings (SSSR count). The van der Waals surface area contributed by atoms with Crippen molar-refractivity contribution in [3.63, 3.8) is 0 Å². The zero-order valence-corrected chi connectivity index (χ0v) is 17.5. The van der Waals surface area contributed by atoms with Crippen molar-refractivity contribution in [2.75, 3.05) is 5.75 Å². The van der Waals surface area contributed by atoms with Gasteiger partial charge in [-0.3, -0.25) is 4.79 Å². The molecule has 0 saturated carbocycles. The quantitative estimate of drug-likeness (QED) is 0.351. The summed E-state index contributed by atoms with van der Waals surface area (Å²) in [5, 5.41) is 4.08. The summed E-state index contributed by atoms with van der Waals surface area (Å²) in [7, 11) is 4.04. The maximum Gasteiger partial charge on any atom is 0.220 e. The summed E-state index contributed by atoms with van der Waals surface area (Å²) in [4.78, 5) is 12.2. The van der Waals surface area contributed by atoms with Crippen LogP contribution in [0.25, 0.3) is 0 Å². The van der Waals surface area contributed by atoms with Crippen LogP contribution in [0.2, 0.25) is 0 Å². The van der Waals surface area contributed by atoms with Crippen molar-refractivity contribution >= 4 is 27.5 Å². The highest BCUT2D eigenvalue weighted by molar-refractivity contribution is 8.77. The van der Waals surface area contributed by atoms with E-state index >= 15 is 0 Å². The Morgan fingerprint density at radius 3 is 2.48 bits per heavy atom. The molecule has 1 aliphatic heterocycles. The highest BCUT2D eigenvalue weighted by Gasteiger charge is 2.25. The van der Waals surface area contributed by atoms with Gasteiger partial charge in [0.1, 0.15) is 0 Å². The largest absolute Gasteiger partial charge is 0.351 e. The Labute approximate surface area is 152 Å². The van der Waals surface area contributed by atoms with Crippen LogP contribution >= 0.6 is 21.6 Å². The first-order chi connectivity index (χ1) is 10.7. The minimum absolute atomic E-state index is 0.0833. The standard InChI is InChI=1S/C19H37NOS2/c1-6-12-18(2,3)13-14-19(4,5)20-17(21)10-8-7-9-16-11-15-22-23-16/h16H,6-15H2,1-5H3,(H,20,21). The summed E-state index contributed by atoms with van der Waals surface area (Å²) >= 11 is 0. The fraction of sp³-hybridized carbons (Fsp3) is 0.947. The molecule has 0 aromatic heterocycles. The average Bonchev–Trinajstić information content (AvgIpc) is 2.94. The molecular weight excluding hydrogens is 322 g/mol. The number of rotatable bonds is 11. The maximum absolute atomic E-state index is 12.2. The summed E-state index contributed by atoms with van der Waals surface area (Å²) in [6, 6.07) is 0. The average molecular weight is 360 g/mol. The topological polar surface area (TPSA) is 29.1 Å². The zero-order valence-electron chi connectivity index (χ0n) is 15.9. The van der Waals surface area contributed by atoms with Gasteiger partial charge in [-0.1, -0.05) is 55.2 Å². The van der Waals surface area contributed by atoms with E-state index in [2.05, 4.69) is 39.9 Å². The molecule has 136 valence electrons. The van der Waals surface area contributed by atoms with Gasteiger partial charge in [0.2, 0.25) is 5.91 Å². The smallest absolute Gasteiger partial charge is 0.220 e. The zero-order chi connectivity index (χ0) is 17.3. The Hall–Kier alpha value is 0.170. The van der Waals surface area contributed by atoms with Crippen molar-refractivity contribution in [1.82, 2.24) is 5.32 Å². The third-order valence-corrected chi connectivity index (χ3v) is 7.75. The van der Waals surface area contributed by atoms with Crippen molar-refractivity contribution in [2.45, 2.75) is 103 Å². The van der Waals surface area contributed by atoms with Crippen LogP contribution in [0.3, 0.4) is 0 Å². The predicted molar refractivity (Wildman–Crippen MR) is 107 cm³/mol. The lowest BCUT2D eigenvalue weighted by Crippen LogP contribution is -2.44. The van der Waals surface area contributed by atoms with Crippen molar-refractivity contribution in [1.29, 1.82) is 0 Å². The molecule has 2 nitrogen and oxygen atoms in total. The molecule has 1 aliphatic rings. The van der Waals surface area contributed by atoms with Gasteiger partial charge in [-0.2, -0.15) is 0 Å². The van der Waals surface area contributed by atoms with E-state index in [-0.39, 0.29) is 11.4 Å². The molecule has 1 fully saturated rings. The second-order valence-electron chi connectivity index (χ2n) is 8.42. The van der Waals surface area contributed by atoms with Gasteiger partial charge in [-0.25, -0.2) is 0 Å². The Balaban J connectivity index is 2.17. The van der Waals surface area contributed by atoms with Crippen LogP contribution in [0, 0.1) is 5.41 Å². The fourth-order valence-corrected chi connectivity index (χ4v) is 6.20. The molecule has 0 aliphatic carbocycles. The first kappa shape index (κ1) is 21.2. The van der Waals surface area contributed by atoms with Crippen LogP contribution in [0.5, 0.6) is 0 Å². The molecule has 0 aromatic carbocycles. The summed E-state index contributed by atoms with van der Waals surface area (Å²) in [5.74, 6) is 1.54. The first-order valence-electron chi connectivity index (χ1n) is 9.33. The predicted octanol–water partition coefficient (Wildman–Crippen LogP) is 6.20. The normalized spacial score (nSPS) is 19.1. The van der Waals surface area contributed by atoms with Crippen LogP contribution in [0.1, 0.15) is 92.4 Å². The maximum atomic E-state index is 12.2. The second kappa shape index (κ2) is 10.2. The van der Waals surface area contributed by atoms with Crippen LogP contribution in [-0.2, 0) is 4.79 Å². The number of hydrogen-bond donors (Lipinski definition) is 1. The summed E-state index contributed by atoms with van der Waals surface area (Å²) < 4.78 is 0. The van der Waals surface area contributed by atoms with Crippen LogP contribution in [0.15, 0.2) is 0 Å². The lowest BCUT2D eigenvalue weighted by molar-refractivity contribution is -0.122. The second-order valence-corrected chi connectivity index (χ2v) is 11.2. The monoisotopic (exact) mass is 359 g/mol. The highest BCUT2D eigenvalue weighted by atomic mass is 33.1. The summed E-state index contributed by atoms with van der Waals surface area (Å²) in [5.41, 5.74) is 0.299. The van der Waals surface area contributed by atoms with Crippen LogP contribution in [-0.4, -0.2) is 22.4 Å². The van der Waals surface area contributed by atoms with Gasteiger partial charge < -0.3 is 5.32 Å². The molecule has 0 radical (unpaired) electrons. The lowest BCUT2D eigenvalue weighted by atomic mass is 9.80. The molecule has 4 heteroatoms. The van der Waals surface area contributed by atoms with E-state index in [9.17, 15) is 4.79 Å². The van der Waals surface area contributed by atoms with Gasteiger partial charge in [0.05, 0.1) is 0 Å². The molecule has 1 atom stereocenters. The van der Waals surface area contributed by atoms with Crippen molar-refractivity contribution in [3.05, 3.63) is 0 Å². The van der Waals surface area contributed by atoms with E-state index in [1.807, 2.05) is 21.6 Å². The van der Waals surface area contributed by atoms with E-state index in [1.54, 1.807) is 0 Å². The number of nitrogens with one attached hydrogen (secondary N) is 1. The molecule has 1 heterocycles.